The number of aromatic nitrogens is 2. The Labute approximate surface area is 117 Å². The lowest BCUT2D eigenvalue weighted by atomic mass is 10.1. The van der Waals surface area contributed by atoms with Crippen LogP contribution in [0.4, 0.5) is 0 Å². The van der Waals surface area contributed by atoms with Crippen LogP contribution in [-0.4, -0.2) is 29.5 Å². The Morgan fingerprint density at radius 1 is 1.30 bits per heavy atom. The number of aromatic amines is 1. The van der Waals surface area contributed by atoms with Gasteiger partial charge in [-0.2, -0.15) is 10.4 Å². The summed E-state index contributed by atoms with van der Waals surface area (Å²) >= 11 is 0. The second-order valence-electron chi connectivity index (χ2n) is 4.71. The Hall–Kier alpha value is -2.32. The molecule has 0 atom stereocenters. The second-order valence-corrected chi connectivity index (χ2v) is 4.71. The zero-order valence-electron chi connectivity index (χ0n) is 11.0. The molecule has 0 aliphatic carbocycles. The lowest BCUT2D eigenvalue weighted by Crippen LogP contribution is -2.26. The summed E-state index contributed by atoms with van der Waals surface area (Å²) in [4.78, 5) is 0. The van der Waals surface area contributed by atoms with Gasteiger partial charge >= 0.3 is 0 Å². The Kier molecular flexibility index (Phi) is 3.66. The van der Waals surface area contributed by atoms with E-state index in [9.17, 15) is 5.26 Å². The average Bonchev–Trinajstić information content (AvgIpc) is 3.03. The number of benzene rings is 1. The van der Waals surface area contributed by atoms with E-state index < -0.39 is 0 Å². The Morgan fingerprint density at radius 2 is 2.15 bits per heavy atom. The predicted molar refractivity (Wildman–Crippen MR) is 73.2 cm³/mol. The van der Waals surface area contributed by atoms with Gasteiger partial charge in [-0.05, 0) is 24.3 Å². The molecular weight excluding hydrogens is 254 g/mol. The molecule has 2 heterocycles. The molecule has 0 spiro atoms. The largest absolute Gasteiger partial charge is 0.489 e. The first-order valence-corrected chi connectivity index (χ1v) is 6.65. The Morgan fingerprint density at radius 3 is 2.85 bits per heavy atom. The molecular formula is C15H15N3O2. The fourth-order valence-corrected chi connectivity index (χ4v) is 2.27. The molecule has 1 aromatic heterocycles. The van der Waals surface area contributed by atoms with Crippen LogP contribution in [0.25, 0.3) is 11.3 Å². The van der Waals surface area contributed by atoms with Crippen molar-refractivity contribution in [2.75, 3.05) is 13.2 Å². The molecule has 0 saturated carbocycles. The summed E-state index contributed by atoms with van der Waals surface area (Å²) in [7, 11) is 0. The molecule has 1 aliphatic heterocycles. The summed E-state index contributed by atoms with van der Waals surface area (Å²) in [6, 6.07) is 9.64. The van der Waals surface area contributed by atoms with E-state index in [1.165, 1.54) is 0 Å². The van der Waals surface area contributed by atoms with Gasteiger partial charge in [0.15, 0.2) is 0 Å². The summed E-state index contributed by atoms with van der Waals surface area (Å²) in [6.45, 7) is 1.44. The maximum atomic E-state index is 9.29. The zero-order chi connectivity index (χ0) is 13.8. The molecule has 1 N–H and O–H groups in total. The van der Waals surface area contributed by atoms with Crippen LogP contribution in [0.2, 0.25) is 0 Å². The molecule has 2 aromatic rings. The van der Waals surface area contributed by atoms with E-state index in [0.717, 1.165) is 37.3 Å². The van der Waals surface area contributed by atoms with E-state index in [1.807, 2.05) is 24.3 Å². The van der Waals surface area contributed by atoms with Gasteiger partial charge in [0, 0.05) is 24.6 Å². The minimum atomic E-state index is 0.132. The molecule has 20 heavy (non-hydrogen) atoms. The number of nitrogens with zero attached hydrogens (tertiary/aromatic N) is 2. The SMILES string of the molecule is N#Cc1cc(-c2cc[nH]n2)ccc1OC1CCOCC1. The van der Waals surface area contributed by atoms with E-state index in [-0.39, 0.29) is 6.10 Å². The normalized spacial score (nSPS) is 15.8. The highest BCUT2D eigenvalue weighted by atomic mass is 16.5. The maximum Gasteiger partial charge on any atom is 0.137 e. The molecule has 1 saturated heterocycles. The van der Waals surface area contributed by atoms with Gasteiger partial charge in [-0.3, -0.25) is 5.10 Å². The van der Waals surface area contributed by atoms with E-state index in [2.05, 4.69) is 16.3 Å². The van der Waals surface area contributed by atoms with Gasteiger partial charge in [-0.25, -0.2) is 0 Å². The highest BCUT2D eigenvalue weighted by Gasteiger charge is 2.17. The molecule has 102 valence electrons. The third-order valence-corrected chi connectivity index (χ3v) is 3.36. The standard InChI is InChI=1S/C15H15N3O2/c16-10-12-9-11(14-3-6-17-18-14)1-2-15(12)20-13-4-7-19-8-5-13/h1-3,6,9,13H,4-5,7-8H2,(H,17,18). The molecule has 0 radical (unpaired) electrons. The lowest BCUT2D eigenvalue weighted by Gasteiger charge is -2.23. The van der Waals surface area contributed by atoms with Crippen LogP contribution >= 0.6 is 0 Å². The first kappa shape index (κ1) is 12.7. The third-order valence-electron chi connectivity index (χ3n) is 3.36. The number of rotatable bonds is 3. The van der Waals surface area contributed by atoms with E-state index in [4.69, 9.17) is 9.47 Å². The van der Waals surface area contributed by atoms with Gasteiger partial charge < -0.3 is 9.47 Å². The summed E-state index contributed by atoms with van der Waals surface area (Å²) in [5, 5.41) is 16.2. The van der Waals surface area contributed by atoms with Crippen LogP contribution in [0.15, 0.2) is 30.5 Å². The van der Waals surface area contributed by atoms with Crippen LogP contribution in [-0.2, 0) is 4.74 Å². The molecule has 1 aliphatic rings. The zero-order valence-corrected chi connectivity index (χ0v) is 11.0. The van der Waals surface area contributed by atoms with Gasteiger partial charge in [0.2, 0.25) is 0 Å². The van der Waals surface area contributed by atoms with Crippen molar-refractivity contribution in [2.45, 2.75) is 18.9 Å². The van der Waals surface area contributed by atoms with Crippen molar-refractivity contribution in [1.82, 2.24) is 10.2 Å². The minimum Gasteiger partial charge on any atom is -0.489 e. The number of nitrogens with one attached hydrogen (secondary N) is 1. The van der Waals surface area contributed by atoms with Crippen molar-refractivity contribution in [3.05, 3.63) is 36.0 Å². The maximum absolute atomic E-state index is 9.29. The summed E-state index contributed by atoms with van der Waals surface area (Å²) in [6.07, 6.45) is 3.62. The van der Waals surface area contributed by atoms with E-state index >= 15 is 0 Å². The van der Waals surface area contributed by atoms with Crippen LogP contribution in [0, 0.1) is 11.3 Å². The predicted octanol–water partition coefficient (Wildman–Crippen LogP) is 2.51. The summed E-state index contributed by atoms with van der Waals surface area (Å²) in [5.74, 6) is 0.638. The van der Waals surface area contributed by atoms with E-state index in [1.54, 1.807) is 6.20 Å². The number of H-pyrrole nitrogens is 1. The van der Waals surface area contributed by atoms with Crippen LogP contribution in [0.1, 0.15) is 18.4 Å². The van der Waals surface area contributed by atoms with Gasteiger partial charge in [0.25, 0.3) is 0 Å². The van der Waals surface area contributed by atoms with Crippen LogP contribution in [0.5, 0.6) is 5.75 Å². The first-order valence-electron chi connectivity index (χ1n) is 6.65. The van der Waals surface area contributed by atoms with Gasteiger partial charge in [-0.1, -0.05) is 0 Å². The molecule has 1 aromatic carbocycles. The van der Waals surface area contributed by atoms with Gasteiger partial charge in [-0.15, -0.1) is 0 Å². The van der Waals surface area contributed by atoms with Crippen molar-refractivity contribution in [1.29, 1.82) is 5.26 Å². The Bertz CT molecular complexity index is 611. The van der Waals surface area contributed by atoms with Crippen LogP contribution in [0.3, 0.4) is 0 Å². The van der Waals surface area contributed by atoms with Gasteiger partial charge in [0.05, 0.1) is 24.5 Å². The number of ether oxygens (including phenoxy) is 2. The molecule has 5 heteroatoms. The lowest BCUT2D eigenvalue weighted by molar-refractivity contribution is 0.0254. The molecule has 0 unspecified atom stereocenters. The minimum absolute atomic E-state index is 0.132. The highest BCUT2D eigenvalue weighted by molar-refractivity contribution is 5.63. The van der Waals surface area contributed by atoms with Crippen molar-refractivity contribution in [3.63, 3.8) is 0 Å². The number of hydrogen-bond acceptors (Lipinski definition) is 4. The molecule has 0 bridgehead atoms. The third kappa shape index (κ3) is 2.65. The Balaban J connectivity index is 1.83. The highest BCUT2D eigenvalue weighted by Crippen LogP contribution is 2.27. The number of nitriles is 1. The first-order chi connectivity index (χ1) is 9.86. The van der Waals surface area contributed by atoms with Crippen molar-refractivity contribution >= 4 is 0 Å². The second kappa shape index (κ2) is 5.76. The summed E-state index contributed by atoms with van der Waals surface area (Å²) < 4.78 is 11.2. The summed E-state index contributed by atoms with van der Waals surface area (Å²) in [5.41, 5.74) is 2.26. The quantitative estimate of drug-likeness (QED) is 0.929. The topological polar surface area (TPSA) is 70.9 Å². The number of hydrogen-bond donors (Lipinski definition) is 1. The van der Waals surface area contributed by atoms with E-state index in [0.29, 0.717) is 11.3 Å². The van der Waals surface area contributed by atoms with Crippen molar-refractivity contribution in [2.24, 2.45) is 0 Å². The van der Waals surface area contributed by atoms with Crippen molar-refractivity contribution in [3.8, 4) is 23.1 Å². The molecule has 5 nitrogen and oxygen atoms in total. The van der Waals surface area contributed by atoms with Crippen LogP contribution < -0.4 is 4.74 Å². The van der Waals surface area contributed by atoms with Crippen molar-refractivity contribution < 1.29 is 9.47 Å². The van der Waals surface area contributed by atoms with Gasteiger partial charge in [0.1, 0.15) is 17.9 Å². The smallest absolute Gasteiger partial charge is 0.137 e. The fourth-order valence-electron chi connectivity index (χ4n) is 2.27. The molecule has 0 amide bonds. The fraction of sp³-hybridized carbons (Fsp3) is 0.333. The average molecular weight is 269 g/mol. The molecule has 1 fully saturated rings. The molecule has 3 rings (SSSR count). The monoisotopic (exact) mass is 269 g/mol.